The van der Waals surface area contributed by atoms with Crippen LogP contribution in [0.25, 0.3) is 6.08 Å². The lowest BCUT2D eigenvalue weighted by atomic mass is 10.2. The van der Waals surface area contributed by atoms with E-state index in [9.17, 15) is 0 Å². The average Bonchev–Trinajstić information content (AvgIpc) is 2.41. The van der Waals surface area contributed by atoms with E-state index in [4.69, 9.17) is 4.74 Å². The first-order valence-electron chi connectivity index (χ1n) is 6.84. The molecule has 0 spiro atoms. The Balaban J connectivity index is 0.000000494. The summed E-state index contributed by atoms with van der Waals surface area (Å²) in [6.07, 6.45) is 4.10. The molecule has 102 valence electrons. The van der Waals surface area contributed by atoms with Gasteiger partial charge >= 0.3 is 0 Å². The maximum Gasteiger partial charge on any atom is 0.119 e. The normalized spacial score (nSPS) is 9.28. The van der Waals surface area contributed by atoms with Gasteiger partial charge in [0.05, 0.1) is 6.61 Å². The van der Waals surface area contributed by atoms with Crippen LogP contribution in [0.2, 0.25) is 0 Å². The Bertz CT molecular complexity index is 308. The number of hydrogen-bond donors (Lipinski definition) is 1. The lowest BCUT2D eigenvalue weighted by Gasteiger charge is -2.05. The Hall–Kier alpha value is -1.28. The minimum Gasteiger partial charge on any atom is -0.494 e. The van der Waals surface area contributed by atoms with Gasteiger partial charge in [0.1, 0.15) is 5.75 Å². The third-order valence-corrected chi connectivity index (χ3v) is 2.36. The molecule has 0 aliphatic carbocycles. The maximum atomic E-state index is 5.54. The number of benzene rings is 1. The number of nitrogens with one attached hydrogen (secondary N) is 1. The van der Waals surface area contributed by atoms with E-state index in [1.54, 1.807) is 0 Å². The van der Waals surface area contributed by atoms with Crippen molar-refractivity contribution in [2.45, 2.75) is 33.6 Å². The summed E-state index contributed by atoms with van der Waals surface area (Å²) < 4.78 is 5.54. The first-order valence-corrected chi connectivity index (χ1v) is 6.84. The lowest BCUT2D eigenvalue weighted by molar-refractivity contribution is 0.309. The number of rotatable bonds is 7. The third-order valence-electron chi connectivity index (χ3n) is 2.36. The van der Waals surface area contributed by atoms with Crippen LogP contribution in [0.4, 0.5) is 0 Å². The van der Waals surface area contributed by atoms with Crippen LogP contribution in [0.1, 0.15) is 39.2 Å². The summed E-state index contributed by atoms with van der Waals surface area (Å²) in [5.41, 5.74) is 1.11. The summed E-state index contributed by atoms with van der Waals surface area (Å²) in [4.78, 5) is 0. The molecule has 0 radical (unpaired) electrons. The smallest absolute Gasteiger partial charge is 0.119 e. The summed E-state index contributed by atoms with van der Waals surface area (Å²) in [5, 5.41) is 3.11. The summed E-state index contributed by atoms with van der Waals surface area (Å²) in [7, 11) is 0. The van der Waals surface area contributed by atoms with Gasteiger partial charge in [0.25, 0.3) is 0 Å². The zero-order chi connectivity index (χ0) is 13.6. The lowest BCUT2D eigenvalue weighted by Crippen LogP contribution is -2.09. The fourth-order valence-corrected chi connectivity index (χ4v) is 1.32. The van der Waals surface area contributed by atoms with Gasteiger partial charge in [-0.05, 0) is 37.2 Å². The largest absolute Gasteiger partial charge is 0.494 e. The molecule has 0 saturated carbocycles. The first-order chi connectivity index (χ1) is 8.78. The fourth-order valence-electron chi connectivity index (χ4n) is 1.32. The van der Waals surface area contributed by atoms with E-state index in [0.29, 0.717) is 0 Å². The molecule has 0 unspecified atom stereocenters. The van der Waals surface area contributed by atoms with Crippen molar-refractivity contribution in [1.29, 1.82) is 0 Å². The van der Waals surface area contributed by atoms with Crippen LogP contribution in [-0.4, -0.2) is 19.7 Å². The van der Waals surface area contributed by atoms with Crippen molar-refractivity contribution in [2.75, 3.05) is 19.7 Å². The van der Waals surface area contributed by atoms with E-state index in [1.165, 1.54) is 6.42 Å². The average molecular weight is 249 g/mol. The van der Waals surface area contributed by atoms with Gasteiger partial charge in [-0.1, -0.05) is 52.0 Å². The van der Waals surface area contributed by atoms with E-state index in [-0.39, 0.29) is 0 Å². The van der Waals surface area contributed by atoms with Crippen molar-refractivity contribution < 1.29 is 4.74 Å². The Morgan fingerprint density at radius 2 is 1.94 bits per heavy atom. The van der Waals surface area contributed by atoms with Gasteiger partial charge in [-0.2, -0.15) is 0 Å². The number of unbranched alkanes of at least 4 members (excludes halogenated alkanes) is 1. The van der Waals surface area contributed by atoms with Crippen LogP contribution in [0.5, 0.6) is 5.75 Å². The molecule has 2 heteroatoms. The van der Waals surface area contributed by atoms with Crippen LogP contribution >= 0.6 is 0 Å². The molecule has 1 rings (SSSR count). The van der Waals surface area contributed by atoms with E-state index in [2.05, 4.69) is 32.7 Å². The quantitative estimate of drug-likeness (QED) is 0.734. The van der Waals surface area contributed by atoms with Gasteiger partial charge in [0.15, 0.2) is 0 Å². The molecule has 1 aromatic rings. The number of ether oxygens (including phenoxy) is 1. The van der Waals surface area contributed by atoms with Crippen LogP contribution in [-0.2, 0) is 0 Å². The molecule has 0 aliphatic heterocycles. The highest BCUT2D eigenvalue weighted by Gasteiger charge is 1.92. The van der Waals surface area contributed by atoms with Crippen LogP contribution < -0.4 is 10.1 Å². The molecule has 0 aromatic heterocycles. The molecule has 1 N–H and O–H groups in total. The van der Waals surface area contributed by atoms with Gasteiger partial charge in [0, 0.05) is 0 Å². The van der Waals surface area contributed by atoms with Crippen molar-refractivity contribution in [3.8, 4) is 5.75 Å². The van der Waals surface area contributed by atoms with Crippen molar-refractivity contribution in [3.05, 3.63) is 36.4 Å². The SMILES string of the molecule is C=Cc1cccc(OCCCC)c1.CCNCC. The highest BCUT2D eigenvalue weighted by atomic mass is 16.5. The summed E-state index contributed by atoms with van der Waals surface area (Å²) >= 11 is 0. The number of hydrogen-bond acceptors (Lipinski definition) is 2. The second kappa shape index (κ2) is 12.2. The topological polar surface area (TPSA) is 21.3 Å². The molecule has 0 atom stereocenters. The van der Waals surface area contributed by atoms with Gasteiger partial charge in [-0.25, -0.2) is 0 Å². The highest BCUT2D eigenvalue weighted by molar-refractivity contribution is 5.49. The monoisotopic (exact) mass is 249 g/mol. The fraction of sp³-hybridized carbons (Fsp3) is 0.500. The van der Waals surface area contributed by atoms with E-state index < -0.39 is 0 Å². The molecule has 0 heterocycles. The Kier molecular flexibility index (Phi) is 11.3. The van der Waals surface area contributed by atoms with Gasteiger partial charge in [-0.15, -0.1) is 0 Å². The van der Waals surface area contributed by atoms with Crippen molar-refractivity contribution in [1.82, 2.24) is 5.32 Å². The van der Waals surface area contributed by atoms with E-state index in [1.807, 2.05) is 30.3 Å². The third kappa shape index (κ3) is 8.82. The molecular weight excluding hydrogens is 222 g/mol. The first kappa shape index (κ1) is 16.7. The van der Waals surface area contributed by atoms with Crippen LogP contribution in [0, 0.1) is 0 Å². The molecule has 0 aliphatic rings. The summed E-state index contributed by atoms with van der Waals surface area (Å²) in [6, 6.07) is 7.98. The van der Waals surface area contributed by atoms with Crippen molar-refractivity contribution in [2.24, 2.45) is 0 Å². The zero-order valence-corrected chi connectivity index (χ0v) is 12.0. The molecule has 2 nitrogen and oxygen atoms in total. The Morgan fingerprint density at radius 3 is 2.44 bits per heavy atom. The predicted octanol–water partition coefficient (Wildman–Crippen LogP) is 4.12. The predicted molar refractivity (Wildman–Crippen MR) is 81.2 cm³/mol. The second-order valence-electron chi connectivity index (χ2n) is 3.94. The molecule has 0 saturated heterocycles. The van der Waals surface area contributed by atoms with Gasteiger partial charge in [-0.3, -0.25) is 0 Å². The molecule has 0 bridgehead atoms. The van der Waals surface area contributed by atoms with Crippen molar-refractivity contribution >= 4 is 6.08 Å². The van der Waals surface area contributed by atoms with Gasteiger partial charge < -0.3 is 10.1 Å². The summed E-state index contributed by atoms with van der Waals surface area (Å²) in [5.74, 6) is 0.936. The van der Waals surface area contributed by atoms with Crippen LogP contribution in [0.15, 0.2) is 30.8 Å². The van der Waals surface area contributed by atoms with Crippen molar-refractivity contribution in [3.63, 3.8) is 0 Å². The summed E-state index contributed by atoms with van der Waals surface area (Å²) in [6.45, 7) is 13.1. The molecule has 1 aromatic carbocycles. The Labute approximate surface area is 112 Å². The van der Waals surface area contributed by atoms with E-state index >= 15 is 0 Å². The van der Waals surface area contributed by atoms with Crippen LogP contribution in [0.3, 0.4) is 0 Å². The van der Waals surface area contributed by atoms with E-state index in [0.717, 1.165) is 37.4 Å². The second-order valence-corrected chi connectivity index (χ2v) is 3.94. The molecule has 0 amide bonds. The minimum atomic E-state index is 0.803. The minimum absolute atomic E-state index is 0.803. The molecule has 0 fully saturated rings. The highest BCUT2D eigenvalue weighted by Crippen LogP contribution is 2.14. The Morgan fingerprint density at radius 1 is 1.22 bits per heavy atom. The zero-order valence-electron chi connectivity index (χ0n) is 12.0. The maximum absolute atomic E-state index is 5.54. The molecular formula is C16H27NO. The standard InChI is InChI=1S/C12H16O.C4H11N/c1-3-5-9-13-12-8-6-7-11(4-2)10-12;1-3-5-4-2/h4,6-8,10H,2-3,5,9H2,1H3;5H,3-4H2,1-2H3. The van der Waals surface area contributed by atoms with Gasteiger partial charge in [0.2, 0.25) is 0 Å². The molecule has 18 heavy (non-hydrogen) atoms.